The number of halogens is 4. The molecule has 0 saturated heterocycles. The summed E-state index contributed by atoms with van der Waals surface area (Å²) in [6.07, 6.45) is 18.4. The molecule has 0 heterocycles. The van der Waals surface area contributed by atoms with Crippen molar-refractivity contribution in [2.75, 3.05) is 6.16 Å². The van der Waals surface area contributed by atoms with Crippen LogP contribution in [-0.4, -0.2) is 13.4 Å². The first kappa shape index (κ1) is 39.5. The Morgan fingerprint density at radius 2 is 1.30 bits per heavy atom. The van der Waals surface area contributed by atoms with Gasteiger partial charge >= 0.3 is 38.0 Å². The molecule has 7 atom stereocenters. The number of fused-ring (bicyclic) bond motifs is 1. The Morgan fingerprint density at radius 1 is 0.814 bits per heavy atom. The van der Waals surface area contributed by atoms with Gasteiger partial charge in [-0.1, -0.05) is 112 Å². The Kier molecular flexibility index (Phi) is 17.6. The van der Waals surface area contributed by atoms with Crippen LogP contribution < -0.4 is 10.6 Å². The van der Waals surface area contributed by atoms with Crippen molar-refractivity contribution in [3.05, 3.63) is 99.0 Å². The first-order valence-electron chi connectivity index (χ1n) is 14.9. The molecule has 0 aromatic heterocycles. The molecule has 8 heteroatoms. The van der Waals surface area contributed by atoms with E-state index in [-0.39, 0.29) is 34.8 Å². The predicted octanol–water partition coefficient (Wildman–Crippen LogP) is 9.92. The van der Waals surface area contributed by atoms with Gasteiger partial charge in [-0.3, -0.25) is 0 Å². The van der Waals surface area contributed by atoms with Crippen molar-refractivity contribution >= 4 is 25.8 Å². The molecule has 43 heavy (non-hydrogen) atoms. The van der Waals surface area contributed by atoms with Gasteiger partial charge in [-0.15, -0.1) is 0 Å². The van der Waals surface area contributed by atoms with Crippen LogP contribution in [0.15, 0.2) is 85.0 Å². The molecule has 4 unspecified atom stereocenters. The minimum absolute atomic E-state index is 0. The summed E-state index contributed by atoms with van der Waals surface area (Å²) in [5, 5.41) is 3.07. The van der Waals surface area contributed by atoms with Crippen LogP contribution in [0.1, 0.15) is 52.9 Å². The summed E-state index contributed by atoms with van der Waals surface area (Å²) in [5.41, 5.74) is 0. The number of benzene rings is 2. The largest absolute Gasteiger partial charge is 3.00 e. The van der Waals surface area contributed by atoms with Gasteiger partial charge in [-0.25, -0.2) is 0 Å². The van der Waals surface area contributed by atoms with E-state index < -0.39 is 7.25 Å². The Balaban J connectivity index is 0.000000936. The van der Waals surface area contributed by atoms with Crippen molar-refractivity contribution in [2.24, 2.45) is 47.3 Å². The third kappa shape index (κ3) is 11.7. The summed E-state index contributed by atoms with van der Waals surface area (Å²) in [6, 6.07) is 22.6. The zero-order valence-electron chi connectivity index (χ0n) is 25.7. The third-order valence-electron chi connectivity index (χ3n) is 9.32. The SMILES string of the molecule is CC(C)[C@H]1CC[C@@H](C)C[C@H]1C1CC(CCP(c2ccccc2)c2ccccc2)C2C=CC=CC21.F[B-](F)(F)F.[C-]#[O+].[CH3-].[Rh+3]. The average molecular weight is 703 g/mol. The van der Waals surface area contributed by atoms with Crippen molar-refractivity contribution in [3.8, 4) is 0 Å². The maximum atomic E-state index is 9.75. The van der Waals surface area contributed by atoms with E-state index in [1.54, 1.807) is 0 Å². The summed E-state index contributed by atoms with van der Waals surface area (Å²) in [7, 11) is -6.29. The van der Waals surface area contributed by atoms with Crippen molar-refractivity contribution < 1.29 is 41.4 Å². The van der Waals surface area contributed by atoms with Gasteiger partial charge < -0.3 is 24.7 Å². The van der Waals surface area contributed by atoms with Crippen LogP contribution in [0.25, 0.3) is 0 Å². The van der Waals surface area contributed by atoms with Crippen LogP contribution >= 0.6 is 7.92 Å². The Bertz CT molecular complexity index is 1080. The molecule has 3 aliphatic carbocycles. The maximum absolute atomic E-state index is 9.75. The molecular weight excluding hydrogens is 657 g/mol. The van der Waals surface area contributed by atoms with Gasteiger partial charge in [0.25, 0.3) is 0 Å². The van der Waals surface area contributed by atoms with E-state index in [0.29, 0.717) is 0 Å². The molecule has 2 saturated carbocycles. The summed E-state index contributed by atoms with van der Waals surface area (Å²) in [4.78, 5) is 0. The number of hydrogen-bond acceptors (Lipinski definition) is 0. The minimum atomic E-state index is -6.00. The quantitative estimate of drug-likeness (QED) is 0.0900. The molecule has 236 valence electrons. The van der Waals surface area contributed by atoms with Gasteiger partial charge in [0, 0.05) is 0 Å². The average Bonchev–Trinajstić information content (AvgIpc) is 3.33. The maximum Gasteiger partial charge on any atom is 3.00 e. The van der Waals surface area contributed by atoms with Crippen LogP contribution in [0.3, 0.4) is 0 Å². The normalized spacial score (nSPS) is 27.5. The summed E-state index contributed by atoms with van der Waals surface area (Å²) >= 11 is 0. The van der Waals surface area contributed by atoms with Crippen LogP contribution in [-0.2, 0) is 24.1 Å². The van der Waals surface area contributed by atoms with E-state index in [0.717, 1.165) is 47.3 Å². The topological polar surface area (TPSA) is 19.9 Å². The van der Waals surface area contributed by atoms with E-state index in [4.69, 9.17) is 4.65 Å². The first-order valence-corrected chi connectivity index (χ1v) is 16.4. The third-order valence-corrected chi connectivity index (χ3v) is 11.9. The van der Waals surface area contributed by atoms with Crippen LogP contribution in [0.4, 0.5) is 17.3 Å². The van der Waals surface area contributed by atoms with Crippen LogP contribution in [0, 0.1) is 61.4 Å². The van der Waals surface area contributed by atoms with Crippen molar-refractivity contribution in [1.82, 2.24) is 0 Å². The van der Waals surface area contributed by atoms with E-state index in [9.17, 15) is 17.3 Å². The molecule has 2 aromatic rings. The van der Waals surface area contributed by atoms with Gasteiger partial charge in [0.15, 0.2) is 0 Å². The van der Waals surface area contributed by atoms with Gasteiger partial charge in [-0.2, -0.15) is 0 Å². The molecule has 1 nitrogen and oxygen atoms in total. The molecule has 0 amide bonds. The van der Waals surface area contributed by atoms with E-state index >= 15 is 0 Å². The van der Waals surface area contributed by atoms with Gasteiger partial charge in [-0.05, 0) is 97.7 Å². The number of rotatable bonds is 7. The molecule has 5 rings (SSSR count). The second-order valence-electron chi connectivity index (χ2n) is 12.2. The molecule has 0 N–H and O–H groups in total. The van der Waals surface area contributed by atoms with Crippen LogP contribution in [0.2, 0.25) is 0 Å². The molecule has 2 fully saturated rings. The smallest absolute Gasteiger partial charge is 0.358 e. The zero-order valence-corrected chi connectivity index (χ0v) is 28.3. The molecule has 0 bridgehead atoms. The summed E-state index contributed by atoms with van der Waals surface area (Å²) in [6.45, 7) is 12.0. The fourth-order valence-corrected chi connectivity index (χ4v) is 10.1. The van der Waals surface area contributed by atoms with Crippen molar-refractivity contribution in [1.29, 1.82) is 0 Å². The second kappa shape index (κ2) is 19.1. The molecule has 3 aliphatic rings. The zero-order chi connectivity index (χ0) is 30.0. The van der Waals surface area contributed by atoms with Crippen LogP contribution in [0.5, 0.6) is 0 Å². The molecule has 0 radical (unpaired) electrons. The molecule has 0 spiro atoms. The van der Waals surface area contributed by atoms with E-state index in [1.807, 2.05) is 0 Å². The van der Waals surface area contributed by atoms with E-state index in [1.165, 1.54) is 48.9 Å². The minimum Gasteiger partial charge on any atom is -0.358 e. The number of hydrogen-bond donors (Lipinski definition) is 0. The molecule has 0 aliphatic heterocycles. The molecule has 2 aromatic carbocycles. The number of allylic oxidation sites excluding steroid dienone is 4. The van der Waals surface area contributed by atoms with Gasteiger partial charge in [0.05, 0.1) is 0 Å². The Morgan fingerprint density at radius 3 is 1.79 bits per heavy atom. The second-order valence-corrected chi connectivity index (χ2v) is 14.5. The van der Waals surface area contributed by atoms with Crippen molar-refractivity contribution in [3.63, 3.8) is 0 Å². The molecular formula is C35H46BF4OPRh+. The monoisotopic (exact) mass is 703 g/mol. The predicted molar refractivity (Wildman–Crippen MR) is 171 cm³/mol. The first-order chi connectivity index (χ1) is 19.6. The standard InChI is InChI=1S/C33H43P.CO.CH3.BF4.Rh/c1-24(2)29-19-18-25(3)22-32(29)33-23-26(30-16-10-11-17-31(30)33)20-21-34(27-12-6-4-7-13-27)28-14-8-5-9-15-28;1-2;;2-1(3,4)5;/h4-17,24-26,29-33H,18-23H2,1-3H3;;1H3;;/q;;2*-1;+3/t25-,26?,29-,30?,31?,32-,33?;;;;/m1..../s1. The van der Waals surface area contributed by atoms with Gasteiger partial charge in [0.2, 0.25) is 0 Å². The van der Waals surface area contributed by atoms with E-state index in [2.05, 4.69) is 112 Å². The summed E-state index contributed by atoms with van der Waals surface area (Å²) < 4.78 is 46.5. The fraction of sp³-hybridized carbons (Fsp3) is 0.486. The fourth-order valence-electron chi connectivity index (χ4n) is 7.66. The van der Waals surface area contributed by atoms with Gasteiger partial charge in [0.1, 0.15) is 0 Å². The summed E-state index contributed by atoms with van der Waals surface area (Å²) in [5.74, 6) is 6.80. The van der Waals surface area contributed by atoms with Crippen molar-refractivity contribution in [2.45, 2.75) is 52.9 Å². The Hall–Kier alpha value is -1.50. The Labute approximate surface area is 271 Å².